The molecule has 2 rings (SSSR count). The quantitative estimate of drug-likeness (QED) is 0.856. The molecule has 1 aliphatic rings. The standard InChI is InChI=1S/C17H21FN2O4/c1-23-15-5-3-12(11-14(15)18)4-6-16(21)19-13-7-9-20(10-8-13)17(22)24-2/h3-6,11,13H,7-10H2,1-2H3,(H,19,21)/b6-4+. The van der Waals surface area contributed by atoms with Gasteiger partial charge in [-0.25, -0.2) is 9.18 Å². The first kappa shape index (κ1) is 17.8. The number of likely N-dealkylation sites (tertiary alicyclic amines) is 1. The normalized spacial score (nSPS) is 15.4. The second-order valence-corrected chi connectivity index (χ2v) is 5.47. The Morgan fingerprint density at radius 1 is 1.29 bits per heavy atom. The number of nitrogens with zero attached hydrogens (tertiary/aromatic N) is 1. The number of carbonyl (C=O) groups excluding carboxylic acids is 2. The molecule has 0 aromatic heterocycles. The number of piperidine rings is 1. The van der Waals surface area contributed by atoms with Gasteiger partial charge in [0.05, 0.1) is 14.2 Å². The molecule has 0 aliphatic carbocycles. The lowest BCUT2D eigenvalue weighted by molar-refractivity contribution is -0.117. The summed E-state index contributed by atoms with van der Waals surface area (Å²) in [7, 11) is 2.75. The summed E-state index contributed by atoms with van der Waals surface area (Å²) in [6.45, 7) is 1.09. The Hall–Kier alpha value is -2.57. The number of hydrogen-bond donors (Lipinski definition) is 1. The highest BCUT2D eigenvalue weighted by Gasteiger charge is 2.23. The van der Waals surface area contributed by atoms with Gasteiger partial charge >= 0.3 is 6.09 Å². The van der Waals surface area contributed by atoms with Gasteiger partial charge in [0.25, 0.3) is 0 Å². The molecule has 130 valence electrons. The fourth-order valence-corrected chi connectivity index (χ4v) is 2.54. The molecule has 0 atom stereocenters. The average Bonchev–Trinajstić information content (AvgIpc) is 2.60. The molecule has 0 bridgehead atoms. The van der Waals surface area contributed by atoms with Crippen LogP contribution in [0.5, 0.6) is 5.75 Å². The molecular formula is C17H21FN2O4. The molecule has 1 aliphatic heterocycles. The van der Waals surface area contributed by atoms with E-state index >= 15 is 0 Å². The summed E-state index contributed by atoms with van der Waals surface area (Å²) < 4.78 is 23.1. The minimum absolute atomic E-state index is 0.00987. The van der Waals surface area contributed by atoms with E-state index in [9.17, 15) is 14.0 Å². The van der Waals surface area contributed by atoms with Crippen molar-refractivity contribution in [2.24, 2.45) is 0 Å². The van der Waals surface area contributed by atoms with Crippen LogP contribution in [0.25, 0.3) is 6.08 Å². The van der Waals surface area contributed by atoms with E-state index in [4.69, 9.17) is 4.74 Å². The summed E-state index contributed by atoms with van der Waals surface area (Å²) in [5.74, 6) is -0.563. The topological polar surface area (TPSA) is 67.9 Å². The van der Waals surface area contributed by atoms with Crippen LogP contribution in [-0.4, -0.2) is 50.3 Å². The van der Waals surface area contributed by atoms with Crippen LogP contribution in [0.1, 0.15) is 18.4 Å². The van der Waals surface area contributed by atoms with Crippen LogP contribution in [-0.2, 0) is 9.53 Å². The second kappa shape index (κ2) is 8.33. The monoisotopic (exact) mass is 336 g/mol. The highest BCUT2D eigenvalue weighted by molar-refractivity contribution is 5.91. The van der Waals surface area contributed by atoms with Gasteiger partial charge in [-0.15, -0.1) is 0 Å². The Morgan fingerprint density at radius 3 is 2.58 bits per heavy atom. The van der Waals surface area contributed by atoms with E-state index in [1.54, 1.807) is 17.0 Å². The van der Waals surface area contributed by atoms with E-state index < -0.39 is 5.82 Å². The minimum Gasteiger partial charge on any atom is -0.494 e. The van der Waals surface area contributed by atoms with Gasteiger partial charge in [0.2, 0.25) is 5.91 Å². The molecule has 1 N–H and O–H groups in total. The summed E-state index contributed by atoms with van der Waals surface area (Å²) in [6.07, 6.45) is 3.91. The van der Waals surface area contributed by atoms with Gasteiger partial charge in [-0.1, -0.05) is 6.07 Å². The van der Waals surface area contributed by atoms with Crippen LogP contribution < -0.4 is 10.1 Å². The maximum atomic E-state index is 13.6. The highest BCUT2D eigenvalue weighted by Crippen LogP contribution is 2.18. The first-order chi connectivity index (χ1) is 11.5. The van der Waals surface area contributed by atoms with Gasteiger partial charge in [0.15, 0.2) is 11.6 Å². The second-order valence-electron chi connectivity index (χ2n) is 5.47. The molecule has 1 saturated heterocycles. The number of nitrogens with one attached hydrogen (secondary N) is 1. The summed E-state index contributed by atoms with van der Waals surface area (Å²) in [5, 5.41) is 2.88. The number of benzene rings is 1. The molecule has 24 heavy (non-hydrogen) atoms. The van der Waals surface area contributed by atoms with Gasteiger partial charge in [-0.05, 0) is 36.6 Å². The van der Waals surface area contributed by atoms with Crippen molar-refractivity contribution < 1.29 is 23.5 Å². The van der Waals surface area contributed by atoms with Crippen LogP contribution in [0.3, 0.4) is 0 Å². The van der Waals surface area contributed by atoms with Crippen molar-refractivity contribution in [3.63, 3.8) is 0 Å². The molecule has 1 heterocycles. The SMILES string of the molecule is COC(=O)N1CCC(NC(=O)/C=C/c2ccc(OC)c(F)c2)CC1. The molecule has 0 saturated carbocycles. The van der Waals surface area contributed by atoms with Crippen molar-refractivity contribution in [2.75, 3.05) is 27.3 Å². The zero-order valence-corrected chi connectivity index (χ0v) is 13.8. The maximum Gasteiger partial charge on any atom is 0.409 e. The van der Waals surface area contributed by atoms with Gasteiger partial charge in [-0.3, -0.25) is 4.79 Å². The highest BCUT2D eigenvalue weighted by atomic mass is 19.1. The third kappa shape index (κ3) is 4.71. The lowest BCUT2D eigenvalue weighted by atomic mass is 10.1. The largest absolute Gasteiger partial charge is 0.494 e. The number of amides is 2. The van der Waals surface area contributed by atoms with Crippen LogP contribution >= 0.6 is 0 Å². The Morgan fingerprint density at radius 2 is 2.00 bits per heavy atom. The third-order valence-corrected chi connectivity index (χ3v) is 3.88. The third-order valence-electron chi connectivity index (χ3n) is 3.88. The van der Waals surface area contributed by atoms with E-state index in [1.807, 2.05) is 0 Å². The maximum absolute atomic E-state index is 13.6. The number of ether oxygens (including phenoxy) is 2. The molecule has 0 radical (unpaired) electrons. The van der Waals surface area contributed by atoms with Crippen molar-refractivity contribution in [3.05, 3.63) is 35.7 Å². The van der Waals surface area contributed by atoms with Gasteiger partial charge in [0.1, 0.15) is 0 Å². The van der Waals surface area contributed by atoms with Crippen molar-refractivity contribution in [1.29, 1.82) is 0 Å². The average molecular weight is 336 g/mol. The first-order valence-corrected chi connectivity index (χ1v) is 7.68. The molecule has 7 heteroatoms. The fourth-order valence-electron chi connectivity index (χ4n) is 2.54. The molecule has 0 spiro atoms. The molecular weight excluding hydrogens is 315 g/mol. The predicted octanol–water partition coefficient (Wildman–Crippen LogP) is 2.19. The molecule has 0 unspecified atom stereocenters. The zero-order chi connectivity index (χ0) is 17.5. The fraction of sp³-hybridized carbons (Fsp3) is 0.412. The Balaban J connectivity index is 1.83. The van der Waals surface area contributed by atoms with E-state index in [0.717, 1.165) is 0 Å². The van der Waals surface area contributed by atoms with Crippen molar-refractivity contribution in [2.45, 2.75) is 18.9 Å². The van der Waals surface area contributed by atoms with Gasteiger partial charge in [0, 0.05) is 25.2 Å². The lowest BCUT2D eigenvalue weighted by Gasteiger charge is -2.31. The Labute approximate surface area is 140 Å². The van der Waals surface area contributed by atoms with E-state index in [2.05, 4.69) is 10.1 Å². The molecule has 1 fully saturated rings. The van der Waals surface area contributed by atoms with Crippen molar-refractivity contribution in [3.8, 4) is 5.75 Å². The number of hydrogen-bond acceptors (Lipinski definition) is 4. The summed E-state index contributed by atoms with van der Waals surface area (Å²) in [5.41, 5.74) is 0.573. The summed E-state index contributed by atoms with van der Waals surface area (Å²) >= 11 is 0. The molecule has 6 nitrogen and oxygen atoms in total. The smallest absolute Gasteiger partial charge is 0.409 e. The number of carbonyl (C=O) groups is 2. The summed E-state index contributed by atoms with van der Waals surface area (Å²) in [6, 6.07) is 4.49. The minimum atomic E-state index is -0.477. The van der Waals surface area contributed by atoms with Crippen LogP contribution in [0.15, 0.2) is 24.3 Å². The first-order valence-electron chi connectivity index (χ1n) is 7.68. The van der Waals surface area contributed by atoms with E-state index in [-0.39, 0.29) is 23.8 Å². The van der Waals surface area contributed by atoms with Gasteiger partial charge in [-0.2, -0.15) is 0 Å². The summed E-state index contributed by atoms with van der Waals surface area (Å²) in [4.78, 5) is 24.9. The number of halogens is 1. The Bertz CT molecular complexity index is 625. The number of methoxy groups -OCH3 is 2. The van der Waals surface area contributed by atoms with Crippen LogP contribution in [0.2, 0.25) is 0 Å². The number of rotatable bonds is 4. The van der Waals surface area contributed by atoms with Crippen molar-refractivity contribution >= 4 is 18.1 Å². The van der Waals surface area contributed by atoms with Crippen LogP contribution in [0.4, 0.5) is 9.18 Å². The predicted molar refractivity (Wildman–Crippen MR) is 87.1 cm³/mol. The Kier molecular flexibility index (Phi) is 6.17. The molecule has 2 amide bonds. The van der Waals surface area contributed by atoms with E-state index in [1.165, 1.54) is 32.4 Å². The van der Waals surface area contributed by atoms with E-state index in [0.29, 0.717) is 31.5 Å². The van der Waals surface area contributed by atoms with Gasteiger partial charge < -0.3 is 19.7 Å². The molecule has 1 aromatic carbocycles. The lowest BCUT2D eigenvalue weighted by Crippen LogP contribution is -2.46. The van der Waals surface area contributed by atoms with Crippen LogP contribution in [0, 0.1) is 5.82 Å². The van der Waals surface area contributed by atoms with Crippen molar-refractivity contribution in [1.82, 2.24) is 10.2 Å². The molecule has 1 aromatic rings. The zero-order valence-electron chi connectivity index (χ0n) is 13.8.